The van der Waals surface area contributed by atoms with Crippen LogP contribution >= 0.6 is 0 Å². The van der Waals surface area contributed by atoms with Crippen LogP contribution in [-0.4, -0.2) is 28.2 Å². The summed E-state index contributed by atoms with van der Waals surface area (Å²) in [6, 6.07) is 1.92. The minimum atomic E-state index is -0.358. The number of nitrogens with one attached hydrogen (secondary N) is 1. The summed E-state index contributed by atoms with van der Waals surface area (Å²) in [6.07, 6.45) is 0.235. The molecule has 0 fully saturated rings. The van der Waals surface area contributed by atoms with Crippen LogP contribution in [0.5, 0.6) is 0 Å². The van der Waals surface area contributed by atoms with Crippen molar-refractivity contribution in [2.24, 2.45) is 5.92 Å². The van der Waals surface area contributed by atoms with Gasteiger partial charge in [-0.1, -0.05) is 13.8 Å². The number of carbonyl (C=O) groups is 1. The zero-order valence-corrected chi connectivity index (χ0v) is 12.7. The lowest BCUT2D eigenvalue weighted by atomic mass is 10.0. The molecule has 0 aliphatic rings. The van der Waals surface area contributed by atoms with Crippen molar-refractivity contribution in [2.45, 2.75) is 53.7 Å². The van der Waals surface area contributed by atoms with Crippen molar-refractivity contribution in [2.75, 3.05) is 6.54 Å². The molecule has 0 bridgehead atoms. The first-order chi connectivity index (χ1) is 8.88. The lowest BCUT2D eigenvalue weighted by Crippen LogP contribution is -2.29. The minimum absolute atomic E-state index is 0.0521. The molecule has 1 atom stereocenters. The maximum Gasteiger partial charge on any atom is 0.253 e. The summed E-state index contributed by atoms with van der Waals surface area (Å²) in [5.74, 6) is 0.172. The van der Waals surface area contributed by atoms with E-state index in [1.807, 2.05) is 33.8 Å². The quantitative estimate of drug-likeness (QED) is 0.830. The first-order valence-corrected chi connectivity index (χ1v) is 7.01. The second kappa shape index (κ2) is 6.75. The normalized spacial score (nSPS) is 12.8. The summed E-state index contributed by atoms with van der Waals surface area (Å²) >= 11 is 0. The van der Waals surface area contributed by atoms with Crippen LogP contribution in [0.15, 0.2) is 6.07 Å². The van der Waals surface area contributed by atoms with E-state index < -0.39 is 0 Å². The maximum absolute atomic E-state index is 12.1. The Morgan fingerprint density at radius 2 is 2.05 bits per heavy atom. The van der Waals surface area contributed by atoms with Crippen molar-refractivity contribution in [1.29, 1.82) is 0 Å². The van der Waals surface area contributed by atoms with Crippen LogP contribution in [0.4, 0.5) is 0 Å². The predicted molar refractivity (Wildman–Crippen MR) is 77.4 cm³/mol. The van der Waals surface area contributed by atoms with Crippen molar-refractivity contribution in [1.82, 2.24) is 9.88 Å². The van der Waals surface area contributed by atoms with E-state index in [0.717, 1.165) is 23.5 Å². The van der Waals surface area contributed by atoms with Gasteiger partial charge in [0.2, 0.25) is 0 Å². The van der Waals surface area contributed by atoms with Crippen LogP contribution in [0, 0.1) is 19.8 Å². The molecule has 0 saturated carbocycles. The maximum atomic E-state index is 12.1. The number of aromatic nitrogens is 1. The van der Waals surface area contributed by atoms with Crippen LogP contribution in [0.1, 0.15) is 48.9 Å². The summed E-state index contributed by atoms with van der Waals surface area (Å²) in [5.41, 5.74) is 2.84. The number of aryl methyl sites for hydroxylation is 1. The third-order valence-electron chi connectivity index (χ3n) is 3.63. The second-order valence-corrected chi connectivity index (χ2v) is 5.39. The Morgan fingerprint density at radius 3 is 2.53 bits per heavy atom. The molecule has 2 N–H and O–H groups in total. The van der Waals surface area contributed by atoms with Crippen LogP contribution in [0.3, 0.4) is 0 Å². The average Bonchev–Trinajstić information content (AvgIpc) is 2.63. The van der Waals surface area contributed by atoms with Crippen molar-refractivity contribution in [3.05, 3.63) is 23.0 Å². The SMILES string of the molecule is CCn1c(C)cc(C(=O)NCCC(O)C(C)C)c1C. The summed E-state index contributed by atoms with van der Waals surface area (Å²) in [6.45, 7) is 11.4. The summed E-state index contributed by atoms with van der Waals surface area (Å²) in [7, 11) is 0. The van der Waals surface area contributed by atoms with Crippen molar-refractivity contribution >= 4 is 5.91 Å². The zero-order valence-electron chi connectivity index (χ0n) is 12.7. The van der Waals surface area contributed by atoms with Crippen LogP contribution < -0.4 is 5.32 Å². The number of aliphatic hydroxyl groups is 1. The van der Waals surface area contributed by atoms with Gasteiger partial charge >= 0.3 is 0 Å². The highest BCUT2D eigenvalue weighted by molar-refractivity contribution is 5.95. The topological polar surface area (TPSA) is 54.3 Å². The number of hydrogen-bond donors (Lipinski definition) is 2. The van der Waals surface area contributed by atoms with E-state index >= 15 is 0 Å². The lowest BCUT2D eigenvalue weighted by Gasteiger charge is -2.14. The number of hydrogen-bond acceptors (Lipinski definition) is 2. The predicted octanol–water partition coefficient (Wildman–Crippen LogP) is 2.26. The van der Waals surface area contributed by atoms with Crippen LogP contribution in [0.25, 0.3) is 0 Å². The van der Waals surface area contributed by atoms with Gasteiger partial charge in [0.15, 0.2) is 0 Å². The fraction of sp³-hybridized carbons (Fsp3) is 0.667. The van der Waals surface area contributed by atoms with Gasteiger partial charge < -0.3 is 15.0 Å². The van der Waals surface area contributed by atoms with Crippen molar-refractivity contribution < 1.29 is 9.90 Å². The molecule has 0 saturated heterocycles. The standard InChI is InChI=1S/C15H26N2O2/c1-6-17-11(4)9-13(12(17)5)15(19)16-8-7-14(18)10(2)3/h9-10,14,18H,6-8H2,1-5H3,(H,16,19). The molecule has 0 radical (unpaired) electrons. The molecule has 19 heavy (non-hydrogen) atoms. The van der Waals surface area contributed by atoms with Gasteiger partial charge in [0.05, 0.1) is 11.7 Å². The first-order valence-electron chi connectivity index (χ1n) is 7.01. The largest absolute Gasteiger partial charge is 0.393 e. The summed E-state index contributed by atoms with van der Waals surface area (Å²) < 4.78 is 2.12. The molecular weight excluding hydrogens is 240 g/mol. The third kappa shape index (κ3) is 3.83. The zero-order chi connectivity index (χ0) is 14.6. The molecule has 4 nitrogen and oxygen atoms in total. The number of nitrogens with zero attached hydrogens (tertiary/aromatic N) is 1. The highest BCUT2D eigenvalue weighted by atomic mass is 16.3. The smallest absolute Gasteiger partial charge is 0.253 e. The monoisotopic (exact) mass is 266 g/mol. The number of amides is 1. The fourth-order valence-electron chi connectivity index (χ4n) is 2.28. The highest BCUT2D eigenvalue weighted by Gasteiger charge is 2.15. The van der Waals surface area contributed by atoms with Gasteiger partial charge in [0, 0.05) is 24.5 Å². The average molecular weight is 266 g/mol. The van der Waals surface area contributed by atoms with E-state index in [0.29, 0.717) is 13.0 Å². The third-order valence-corrected chi connectivity index (χ3v) is 3.63. The van der Waals surface area contributed by atoms with Gasteiger partial charge in [-0.25, -0.2) is 0 Å². The summed E-state index contributed by atoms with van der Waals surface area (Å²) in [4.78, 5) is 12.1. The van der Waals surface area contributed by atoms with Gasteiger partial charge in [0.25, 0.3) is 5.91 Å². The molecule has 1 heterocycles. The Hall–Kier alpha value is -1.29. The molecule has 0 aliphatic heterocycles. The molecule has 108 valence electrons. The van der Waals surface area contributed by atoms with E-state index in [4.69, 9.17) is 0 Å². The van der Waals surface area contributed by atoms with Gasteiger partial charge in [-0.2, -0.15) is 0 Å². The molecule has 1 aromatic rings. The molecule has 1 unspecified atom stereocenters. The Labute approximate surface area is 115 Å². The first kappa shape index (κ1) is 15.8. The molecular formula is C15H26N2O2. The molecule has 1 aromatic heterocycles. The van der Waals surface area contributed by atoms with E-state index in [1.165, 1.54) is 0 Å². The van der Waals surface area contributed by atoms with E-state index in [-0.39, 0.29) is 17.9 Å². The Bertz CT molecular complexity index is 436. The van der Waals surface area contributed by atoms with Crippen molar-refractivity contribution in [3.8, 4) is 0 Å². The van der Waals surface area contributed by atoms with E-state index in [9.17, 15) is 9.90 Å². The van der Waals surface area contributed by atoms with Gasteiger partial charge in [-0.15, -0.1) is 0 Å². The lowest BCUT2D eigenvalue weighted by molar-refractivity contribution is 0.0919. The molecule has 0 aromatic carbocycles. The molecule has 1 rings (SSSR count). The molecule has 1 amide bonds. The van der Waals surface area contributed by atoms with Crippen molar-refractivity contribution in [3.63, 3.8) is 0 Å². The van der Waals surface area contributed by atoms with Gasteiger partial charge in [0.1, 0.15) is 0 Å². The Kier molecular flexibility index (Phi) is 5.60. The van der Waals surface area contributed by atoms with Crippen LogP contribution in [0.2, 0.25) is 0 Å². The number of rotatable bonds is 6. The van der Waals surface area contributed by atoms with Gasteiger partial charge in [-0.05, 0) is 39.2 Å². The second-order valence-electron chi connectivity index (χ2n) is 5.39. The minimum Gasteiger partial charge on any atom is -0.393 e. The number of aliphatic hydroxyl groups excluding tert-OH is 1. The molecule has 0 aliphatic carbocycles. The molecule has 0 spiro atoms. The Morgan fingerprint density at radius 1 is 1.42 bits per heavy atom. The Balaban J connectivity index is 2.60. The van der Waals surface area contributed by atoms with E-state index in [1.54, 1.807) is 0 Å². The van der Waals surface area contributed by atoms with Crippen LogP contribution in [-0.2, 0) is 6.54 Å². The highest BCUT2D eigenvalue weighted by Crippen LogP contribution is 2.14. The number of carbonyl (C=O) groups excluding carboxylic acids is 1. The molecule has 4 heteroatoms. The fourth-order valence-corrected chi connectivity index (χ4v) is 2.28. The van der Waals surface area contributed by atoms with Gasteiger partial charge in [-0.3, -0.25) is 4.79 Å². The summed E-state index contributed by atoms with van der Waals surface area (Å²) in [5, 5.41) is 12.6. The van der Waals surface area contributed by atoms with E-state index in [2.05, 4.69) is 16.8 Å².